The lowest BCUT2D eigenvalue weighted by molar-refractivity contribution is -0.922. The molecule has 0 atom stereocenters. The Morgan fingerprint density at radius 1 is 1.26 bits per heavy atom. The Morgan fingerprint density at radius 3 is 2.61 bits per heavy atom. The third kappa shape index (κ3) is 3.79. The molecule has 7 nitrogen and oxygen atoms in total. The number of aromatic nitrogens is 2. The first kappa shape index (κ1) is 16.6. The van der Waals surface area contributed by atoms with Crippen LogP contribution in [0.1, 0.15) is 16.3 Å². The zero-order valence-corrected chi connectivity index (χ0v) is 15.1. The minimum Gasteiger partial charge on any atom is -0.370 e. The lowest BCUT2D eigenvalue weighted by Crippen LogP contribution is -3.12. The highest BCUT2D eigenvalue weighted by Crippen LogP contribution is 2.33. The number of hydrogen-bond acceptors (Lipinski definition) is 6. The largest absolute Gasteiger partial charge is 0.370 e. The lowest BCUT2D eigenvalue weighted by Gasteiger charge is -2.23. The fourth-order valence-electron chi connectivity index (χ4n) is 2.68. The number of ether oxygens (including phenoxy) is 1. The molecule has 0 spiro atoms. The lowest BCUT2D eigenvalue weighted by atomic mass is 10.2. The van der Waals surface area contributed by atoms with Crippen molar-refractivity contribution in [2.24, 2.45) is 0 Å². The summed E-state index contributed by atoms with van der Waals surface area (Å²) in [5, 5.41) is 0.804. The fourth-order valence-corrected chi connectivity index (χ4v) is 4.23. The van der Waals surface area contributed by atoms with Gasteiger partial charge in [0.05, 0.1) is 24.9 Å². The number of anilines is 1. The average molecular weight is 357 g/mol. The number of morpholine rings is 1. The van der Waals surface area contributed by atoms with Gasteiger partial charge >= 0.3 is 0 Å². The molecule has 2 N–H and O–H groups in total. The van der Waals surface area contributed by atoms with Crippen LogP contribution in [0.15, 0.2) is 0 Å². The summed E-state index contributed by atoms with van der Waals surface area (Å²) in [6.07, 6.45) is 1.14. The predicted octanol–water partition coefficient (Wildman–Crippen LogP) is 0.0947. The molecule has 3 heterocycles. The Bertz CT molecular complexity index is 826. The fraction of sp³-hybridized carbons (Fsp3) is 0.571. The molecule has 0 aromatic carbocycles. The summed E-state index contributed by atoms with van der Waals surface area (Å²) in [6.45, 7) is 7.97. The molecule has 23 heavy (non-hydrogen) atoms. The van der Waals surface area contributed by atoms with E-state index in [2.05, 4.69) is 14.7 Å². The molecule has 2 aromatic rings. The van der Waals surface area contributed by atoms with E-state index in [9.17, 15) is 8.42 Å². The van der Waals surface area contributed by atoms with E-state index in [-0.39, 0.29) is 0 Å². The van der Waals surface area contributed by atoms with Crippen LogP contribution in [-0.4, -0.2) is 50.9 Å². The summed E-state index contributed by atoms with van der Waals surface area (Å²) in [5.74, 6) is 1.06. The molecule has 0 radical (unpaired) electrons. The highest BCUT2D eigenvalue weighted by atomic mass is 32.2. The third-order valence-electron chi connectivity index (χ3n) is 3.97. The van der Waals surface area contributed by atoms with Crippen LogP contribution in [0, 0.1) is 13.8 Å². The van der Waals surface area contributed by atoms with Gasteiger partial charge in [-0.15, -0.1) is 11.3 Å². The Balaban J connectivity index is 2.02. The minimum atomic E-state index is -3.39. The topological polar surface area (TPSA) is 85.6 Å². The molecule has 1 fully saturated rings. The van der Waals surface area contributed by atoms with Gasteiger partial charge in [-0.3, -0.25) is 4.72 Å². The van der Waals surface area contributed by atoms with Crippen molar-refractivity contribution in [2.75, 3.05) is 37.3 Å². The standard InChI is InChI=1S/C14H20N4O3S2/c1-9-10(2)22-14-12(9)13(17-23(3,19)20)15-11(16-14)8-18-4-6-21-7-5-18/h4-8H2,1-3H3,(H,15,16,17)/p+1. The second kappa shape index (κ2) is 6.31. The number of aryl methyl sites for hydroxylation is 2. The van der Waals surface area contributed by atoms with E-state index in [0.29, 0.717) is 18.2 Å². The van der Waals surface area contributed by atoms with Crippen LogP contribution in [-0.2, 0) is 21.3 Å². The SMILES string of the molecule is Cc1sc2nc(C[NH+]3CCOCC3)nc(NS(C)(=O)=O)c2c1C. The number of fused-ring (bicyclic) bond motifs is 1. The monoisotopic (exact) mass is 357 g/mol. The maximum atomic E-state index is 11.7. The molecular weight excluding hydrogens is 336 g/mol. The minimum absolute atomic E-state index is 0.391. The van der Waals surface area contributed by atoms with E-state index in [0.717, 1.165) is 53.2 Å². The summed E-state index contributed by atoms with van der Waals surface area (Å²) >= 11 is 1.58. The van der Waals surface area contributed by atoms with Gasteiger partial charge in [0, 0.05) is 4.88 Å². The summed E-state index contributed by atoms with van der Waals surface area (Å²) in [6, 6.07) is 0. The van der Waals surface area contributed by atoms with Gasteiger partial charge in [0.2, 0.25) is 10.0 Å². The zero-order valence-electron chi connectivity index (χ0n) is 13.5. The maximum Gasteiger partial charge on any atom is 0.230 e. The normalized spacial score (nSPS) is 16.8. The Hall–Kier alpha value is -1.29. The Labute approximate surface area is 139 Å². The van der Waals surface area contributed by atoms with Gasteiger partial charge in [0.25, 0.3) is 0 Å². The molecule has 1 aliphatic heterocycles. The van der Waals surface area contributed by atoms with E-state index in [1.54, 1.807) is 11.3 Å². The van der Waals surface area contributed by atoms with E-state index in [4.69, 9.17) is 4.74 Å². The quantitative estimate of drug-likeness (QED) is 0.810. The van der Waals surface area contributed by atoms with Crippen molar-refractivity contribution in [1.29, 1.82) is 0 Å². The molecule has 0 bridgehead atoms. The predicted molar refractivity (Wildman–Crippen MR) is 90.6 cm³/mol. The average Bonchev–Trinajstić information content (AvgIpc) is 2.73. The summed E-state index contributed by atoms with van der Waals surface area (Å²) in [4.78, 5) is 12.5. The Morgan fingerprint density at radius 2 is 1.96 bits per heavy atom. The van der Waals surface area contributed by atoms with Crippen molar-refractivity contribution in [2.45, 2.75) is 20.4 Å². The molecule has 2 aromatic heterocycles. The van der Waals surface area contributed by atoms with Crippen molar-refractivity contribution >= 4 is 37.4 Å². The number of nitrogens with zero attached hydrogens (tertiary/aromatic N) is 2. The van der Waals surface area contributed by atoms with Crippen LogP contribution in [0.5, 0.6) is 0 Å². The Kier molecular flexibility index (Phi) is 4.54. The van der Waals surface area contributed by atoms with Crippen molar-refractivity contribution in [3.05, 3.63) is 16.3 Å². The third-order valence-corrected chi connectivity index (χ3v) is 5.63. The molecule has 0 saturated carbocycles. The second-order valence-corrected chi connectivity index (χ2v) is 8.82. The smallest absolute Gasteiger partial charge is 0.230 e. The molecule has 3 rings (SSSR count). The van der Waals surface area contributed by atoms with Gasteiger partial charge in [0.15, 0.2) is 11.6 Å². The van der Waals surface area contributed by atoms with Crippen LogP contribution in [0.4, 0.5) is 5.82 Å². The van der Waals surface area contributed by atoms with Gasteiger partial charge in [-0.05, 0) is 19.4 Å². The number of quaternary nitrogens is 1. The molecule has 1 aliphatic rings. The molecule has 1 saturated heterocycles. The van der Waals surface area contributed by atoms with Crippen LogP contribution in [0.2, 0.25) is 0 Å². The van der Waals surface area contributed by atoms with Gasteiger partial charge in [-0.1, -0.05) is 0 Å². The van der Waals surface area contributed by atoms with Gasteiger partial charge in [0.1, 0.15) is 24.5 Å². The van der Waals surface area contributed by atoms with Gasteiger partial charge in [-0.25, -0.2) is 18.4 Å². The molecular formula is C14H21N4O3S2+. The number of hydrogen-bond donors (Lipinski definition) is 2. The van der Waals surface area contributed by atoms with Crippen LogP contribution in [0.25, 0.3) is 10.2 Å². The van der Waals surface area contributed by atoms with Crippen LogP contribution in [0.3, 0.4) is 0 Å². The van der Waals surface area contributed by atoms with E-state index >= 15 is 0 Å². The summed E-state index contributed by atoms with van der Waals surface area (Å²) in [5.41, 5.74) is 1.03. The van der Waals surface area contributed by atoms with Gasteiger partial charge in [-0.2, -0.15) is 0 Å². The number of sulfonamides is 1. The number of nitrogens with one attached hydrogen (secondary N) is 2. The molecule has 126 valence electrons. The van der Waals surface area contributed by atoms with Crippen LogP contribution < -0.4 is 9.62 Å². The molecule has 9 heteroatoms. The summed E-state index contributed by atoms with van der Waals surface area (Å²) in [7, 11) is -3.39. The van der Waals surface area contributed by atoms with Crippen molar-refractivity contribution < 1.29 is 18.1 Å². The van der Waals surface area contributed by atoms with E-state index in [1.807, 2.05) is 13.8 Å². The first-order valence-electron chi connectivity index (χ1n) is 7.49. The van der Waals surface area contributed by atoms with Gasteiger partial charge < -0.3 is 9.64 Å². The van der Waals surface area contributed by atoms with E-state index < -0.39 is 10.0 Å². The van der Waals surface area contributed by atoms with Crippen molar-refractivity contribution in [3.8, 4) is 0 Å². The molecule has 0 amide bonds. The first-order chi connectivity index (χ1) is 10.8. The second-order valence-electron chi connectivity index (χ2n) is 5.87. The molecule has 0 unspecified atom stereocenters. The summed E-state index contributed by atoms with van der Waals surface area (Å²) < 4.78 is 31.3. The highest BCUT2D eigenvalue weighted by Gasteiger charge is 2.20. The number of rotatable bonds is 4. The zero-order chi connectivity index (χ0) is 16.6. The maximum absolute atomic E-state index is 11.7. The van der Waals surface area contributed by atoms with Crippen molar-refractivity contribution in [3.63, 3.8) is 0 Å². The van der Waals surface area contributed by atoms with Crippen LogP contribution >= 0.6 is 11.3 Å². The first-order valence-corrected chi connectivity index (χ1v) is 10.2. The van der Waals surface area contributed by atoms with Crippen molar-refractivity contribution in [1.82, 2.24) is 9.97 Å². The van der Waals surface area contributed by atoms with E-state index in [1.165, 1.54) is 4.90 Å². The highest BCUT2D eigenvalue weighted by molar-refractivity contribution is 7.92. The molecule has 0 aliphatic carbocycles. The number of thiophene rings is 1.